The summed E-state index contributed by atoms with van der Waals surface area (Å²) in [6.45, 7) is 2.12. The fourth-order valence-corrected chi connectivity index (χ4v) is 3.15. The molecule has 3 nitrogen and oxygen atoms in total. The van der Waals surface area contributed by atoms with E-state index in [0.717, 1.165) is 17.8 Å². The molecule has 0 spiro atoms. The Balaban J connectivity index is 2.08. The van der Waals surface area contributed by atoms with Crippen LogP contribution in [0.15, 0.2) is 18.2 Å². The molecule has 1 saturated carbocycles. The predicted octanol–water partition coefficient (Wildman–Crippen LogP) is 3.33. The summed E-state index contributed by atoms with van der Waals surface area (Å²) in [5.74, 6) is -0.117. The smallest absolute Gasteiger partial charge is 0.146 e. The van der Waals surface area contributed by atoms with Crippen LogP contribution in [0.5, 0.6) is 0 Å². The van der Waals surface area contributed by atoms with E-state index in [1.54, 1.807) is 19.2 Å². The third-order valence-corrected chi connectivity index (χ3v) is 4.34. The highest BCUT2D eigenvalue weighted by molar-refractivity contribution is 5.55. The van der Waals surface area contributed by atoms with Gasteiger partial charge in [0.15, 0.2) is 0 Å². The number of anilines is 1. The van der Waals surface area contributed by atoms with Crippen molar-refractivity contribution in [3.63, 3.8) is 0 Å². The lowest BCUT2D eigenvalue weighted by Crippen LogP contribution is -2.35. The van der Waals surface area contributed by atoms with Crippen LogP contribution in [0, 0.1) is 5.82 Å². The first-order chi connectivity index (χ1) is 10.2. The van der Waals surface area contributed by atoms with Crippen LogP contribution >= 0.6 is 0 Å². The molecule has 0 radical (unpaired) electrons. The van der Waals surface area contributed by atoms with Gasteiger partial charge in [0.1, 0.15) is 5.82 Å². The fraction of sp³-hybridized carbons (Fsp3) is 0.647. The first-order valence-corrected chi connectivity index (χ1v) is 7.94. The predicted molar refractivity (Wildman–Crippen MR) is 85.3 cm³/mol. The molecule has 4 heteroatoms. The van der Waals surface area contributed by atoms with Crippen LogP contribution in [-0.2, 0) is 11.3 Å². The molecule has 1 aromatic carbocycles. The van der Waals surface area contributed by atoms with Gasteiger partial charge in [-0.05, 0) is 24.5 Å². The Morgan fingerprint density at radius 2 is 2.05 bits per heavy atom. The molecule has 0 amide bonds. The minimum absolute atomic E-state index is 0.117. The number of benzene rings is 1. The highest BCUT2D eigenvalue weighted by Crippen LogP contribution is 2.30. The van der Waals surface area contributed by atoms with Crippen molar-refractivity contribution in [2.45, 2.75) is 44.7 Å². The average molecular weight is 294 g/mol. The van der Waals surface area contributed by atoms with Crippen LogP contribution in [0.2, 0.25) is 0 Å². The van der Waals surface area contributed by atoms with Gasteiger partial charge < -0.3 is 15.0 Å². The summed E-state index contributed by atoms with van der Waals surface area (Å²) in [5.41, 5.74) is 1.79. The standard InChI is InChI=1S/C17H27FN2O/c1-20(15-8-4-3-5-9-15)17-14(7-6-10-16(17)18)13-19-11-12-21-2/h6-7,10,15,19H,3-5,8-9,11-13H2,1-2H3. The lowest BCUT2D eigenvalue weighted by atomic mass is 9.93. The second kappa shape index (κ2) is 8.35. The summed E-state index contributed by atoms with van der Waals surface area (Å²) in [4.78, 5) is 2.15. The molecule has 1 aromatic rings. The first kappa shape index (κ1) is 16.2. The number of nitrogens with one attached hydrogen (secondary N) is 1. The molecule has 0 unspecified atom stereocenters. The third-order valence-electron chi connectivity index (χ3n) is 4.34. The number of hydrogen-bond acceptors (Lipinski definition) is 3. The molecule has 1 aliphatic rings. The molecule has 21 heavy (non-hydrogen) atoms. The van der Waals surface area contributed by atoms with Gasteiger partial charge in [0.2, 0.25) is 0 Å². The SMILES string of the molecule is COCCNCc1cccc(F)c1N(C)C1CCCCC1. The van der Waals surface area contributed by atoms with Crippen LogP contribution in [0.1, 0.15) is 37.7 Å². The molecular formula is C17H27FN2O. The van der Waals surface area contributed by atoms with Crippen molar-refractivity contribution in [1.29, 1.82) is 0 Å². The van der Waals surface area contributed by atoms with E-state index in [1.807, 2.05) is 13.1 Å². The van der Waals surface area contributed by atoms with Crippen LogP contribution in [-0.4, -0.2) is 33.4 Å². The van der Waals surface area contributed by atoms with Gasteiger partial charge in [-0.25, -0.2) is 4.39 Å². The molecule has 0 heterocycles. The maximum absolute atomic E-state index is 14.3. The number of ether oxygens (including phenoxy) is 1. The van der Waals surface area contributed by atoms with Crippen LogP contribution in [0.3, 0.4) is 0 Å². The molecular weight excluding hydrogens is 267 g/mol. The van der Waals surface area contributed by atoms with Crippen LogP contribution in [0.25, 0.3) is 0 Å². The molecule has 118 valence electrons. The maximum atomic E-state index is 14.3. The van der Waals surface area contributed by atoms with Gasteiger partial charge in [0, 0.05) is 33.3 Å². The Hall–Kier alpha value is -1.13. The molecule has 1 fully saturated rings. The molecule has 2 rings (SSSR count). The lowest BCUT2D eigenvalue weighted by Gasteiger charge is -2.34. The number of hydrogen-bond donors (Lipinski definition) is 1. The summed E-state index contributed by atoms with van der Waals surface area (Å²) in [6.07, 6.45) is 6.16. The maximum Gasteiger partial charge on any atom is 0.146 e. The monoisotopic (exact) mass is 294 g/mol. The third kappa shape index (κ3) is 4.42. The average Bonchev–Trinajstić information content (AvgIpc) is 2.52. The first-order valence-electron chi connectivity index (χ1n) is 7.94. The second-order valence-electron chi connectivity index (χ2n) is 5.82. The molecule has 0 saturated heterocycles. The van der Waals surface area contributed by atoms with Gasteiger partial charge in [-0.1, -0.05) is 31.4 Å². The van der Waals surface area contributed by atoms with Crippen molar-refractivity contribution >= 4 is 5.69 Å². The van der Waals surface area contributed by atoms with Crippen molar-refractivity contribution in [2.24, 2.45) is 0 Å². The molecule has 1 aliphatic carbocycles. The van der Waals surface area contributed by atoms with Crippen molar-refractivity contribution in [1.82, 2.24) is 5.32 Å². The second-order valence-corrected chi connectivity index (χ2v) is 5.82. The zero-order chi connectivity index (χ0) is 15.1. The summed E-state index contributed by atoms with van der Waals surface area (Å²) in [5, 5.41) is 3.31. The van der Waals surface area contributed by atoms with E-state index in [1.165, 1.54) is 32.1 Å². The number of rotatable bonds is 7. The zero-order valence-electron chi connectivity index (χ0n) is 13.2. The molecule has 0 aliphatic heterocycles. The van der Waals surface area contributed by atoms with Gasteiger partial charge in [0.05, 0.1) is 12.3 Å². The number of nitrogens with zero attached hydrogens (tertiary/aromatic N) is 1. The van der Waals surface area contributed by atoms with Crippen LogP contribution < -0.4 is 10.2 Å². The zero-order valence-corrected chi connectivity index (χ0v) is 13.2. The van der Waals surface area contributed by atoms with E-state index in [-0.39, 0.29) is 5.82 Å². The van der Waals surface area contributed by atoms with Gasteiger partial charge in [-0.15, -0.1) is 0 Å². The van der Waals surface area contributed by atoms with E-state index in [4.69, 9.17) is 4.74 Å². The van der Waals surface area contributed by atoms with E-state index >= 15 is 0 Å². The van der Waals surface area contributed by atoms with E-state index < -0.39 is 0 Å². The topological polar surface area (TPSA) is 24.5 Å². The highest BCUT2D eigenvalue weighted by atomic mass is 19.1. The Labute approximate surface area is 127 Å². The van der Waals surface area contributed by atoms with E-state index in [2.05, 4.69) is 10.2 Å². The summed E-state index contributed by atoms with van der Waals surface area (Å²) >= 11 is 0. The summed E-state index contributed by atoms with van der Waals surface area (Å²) < 4.78 is 19.4. The van der Waals surface area contributed by atoms with Gasteiger partial charge in [-0.2, -0.15) is 0 Å². The van der Waals surface area contributed by atoms with Gasteiger partial charge >= 0.3 is 0 Å². The Morgan fingerprint density at radius 3 is 2.76 bits per heavy atom. The lowest BCUT2D eigenvalue weighted by molar-refractivity contribution is 0.199. The van der Waals surface area contributed by atoms with Crippen LogP contribution in [0.4, 0.5) is 10.1 Å². The summed E-state index contributed by atoms with van der Waals surface area (Å²) in [7, 11) is 3.72. The van der Waals surface area contributed by atoms with Gasteiger partial charge in [0.25, 0.3) is 0 Å². The van der Waals surface area contributed by atoms with E-state index in [9.17, 15) is 4.39 Å². The molecule has 1 N–H and O–H groups in total. The number of para-hydroxylation sites is 1. The largest absolute Gasteiger partial charge is 0.383 e. The van der Waals surface area contributed by atoms with Crippen molar-refractivity contribution < 1.29 is 9.13 Å². The number of halogens is 1. The normalized spacial score (nSPS) is 16.1. The molecule has 0 aromatic heterocycles. The Kier molecular flexibility index (Phi) is 6.46. The van der Waals surface area contributed by atoms with E-state index in [0.29, 0.717) is 19.2 Å². The fourth-order valence-electron chi connectivity index (χ4n) is 3.15. The molecule has 0 atom stereocenters. The van der Waals surface area contributed by atoms with Crippen molar-refractivity contribution in [3.8, 4) is 0 Å². The Bertz CT molecular complexity index is 433. The van der Waals surface area contributed by atoms with Crippen molar-refractivity contribution in [3.05, 3.63) is 29.6 Å². The van der Waals surface area contributed by atoms with Crippen molar-refractivity contribution in [2.75, 3.05) is 32.2 Å². The van der Waals surface area contributed by atoms with Gasteiger partial charge in [-0.3, -0.25) is 0 Å². The Morgan fingerprint density at radius 1 is 1.29 bits per heavy atom. The number of methoxy groups -OCH3 is 1. The quantitative estimate of drug-likeness (QED) is 0.781. The summed E-state index contributed by atoms with van der Waals surface area (Å²) in [6, 6.07) is 5.83. The molecule has 0 bridgehead atoms. The minimum atomic E-state index is -0.117. The highest BCUT2D eigenvalue weighted by Gasteiger charge is 2.22. The minimum Gasteiger partial charge on any atom is -0.383 e.